The summed E-state index contributed by atoms with van der Waals surface area (Å²) in [6, 6.07) is 15.3. The standard InChI is InChI=1S/C21H11ClF3NO2S2/c22-13-7-5-12(6-8-13)17-10-9-14(28-17)11-18-19(27)26(20(29)30-18)16-4-2-1-3-15(16)21(23,24)25/h1-11H. The Morgan fingerprint density at radius 2 is 1.73 bits per heavy atom. The number of carbonyl (C=O) groups excluding carboxylic acids is 1. The van der Waals surface area contributed by atoms with E-state index in [1.54, 1.807) is 36.4 Å². The molecule has 9 heteroatoms. The molecule has 0 saturated carbocycles. The quantitative estimate of drug-likeness (QED) is 0.307. The third kappa shape index (κ3) is 4.03. The average Bonchev–Trinajstić information content (AvgIpc) is 3.26. The van der Waals surface area contributed by atoms with E-state index < -0.39 is 17.6 Å². The number of rotatable bonds is 3. The second kappa shape index (κ2) is 7.94. The molecule has 1 fully saturated rings. The lowest BCUT2D eigenvalue weighted by Gasteiger charge is -2.19. The van der Waals surface area contributed by atoms with E-state index in [1.165, 1.54) is 24.3 Å². The molecule has 3 nitrogen and oxygen atoms in total. The summed E-state index contributed by atoms with van der Waals surface area (Å²) >= 11 is 12.0. The number of thiocarbonyl (C=S) groups is 1. The number of anilines is 1. The Morgan fingerprint density at radius 1 is 1.03 bits per heavy atom. The van der Waals surface area contributed by atoms with E-state index in [1.807, 2.05) is 0 Å². The largest absolute Gasteiger partial charge is 0.457 e. The molecule has 3 aromatic rings. The van der Waals surface area contributed by atoms with Crippen LogP contribution in [0.2, 0.25) is 5.02 Å². The van der Waals surface area contributed by atoms with Gasteiger partial charge in [-0.15, -0.1) is 0 Å². The first-order valence-electron chi connectivity index (χ1n) is 8.54. The summed E-state index contributed by atoms with van der Waals surface area (Å²) in [5.41, 5.74) is -0.423. The third-order valence-electron chi connectivity index (χ3n) is 4.27. The summed E-state index contributed by atoms with van der Waals surface area (Å²) in [6.07, 6.45) is -3.15. The van der Waals surface area contributed by atoms with Gasteiger partial charge in [0.2, 0.25) is 0 Å². The summed E-state index contributed by atoms with van der Waals surface area (Å²) in [5, 5.41) is 0.591. The average molecular weight is 466 g/mol. The van der Waals surface area contributed by atoms with Crippen LogP contribution < -0.4 is 4.90 Å². The molecule has 1 aliphatic rings. The van der Waals surface area contributed by atoms with E-state index in [2.05, 4.69) is 0 Å². The highest BCUT2D eigenvalue weighted by atomic mass is 35.5. The fraction of sp³-hybridized carbons (Fsp3) is 0.0476. The fourth-order valence-corrected chi connectivity index (χ4v) is 4.30. The number of nitrogens with zero attached hydrogens (tertiary/aromatic N) is 1. The number of carbonyl (C=O) groups is 1. The molecule has 1 aromatic heterocycles. The molecule has 30 heavy (non-hydrogen) atoms. The molecular formula is C21H11ClF3NO2S2. The molecule has 0 bridgehead atoms. The molecule has 2 heterocycles. The van der Waals surface area contributed by atoms with Gasteiger partial charge in [0.25, 0.3) is 5.91 Å². The van der Waals surface area contributed by atoms with Gasteiger partial charge in [0.05, 0.1) is 16.2 Å². The minimum atomic E-state index is -4.61. The predicted octanol–water partition coefficient (Wildman–Crippen LogP) is 7.02. The fourth-order valence-electron chi connectivity index (χ4n) is 2.91. The maximum atomic E-state index is 13.4. The van der Waals surface area contributed by atoms with Crippen molar-refractivity contribution in [1.82, 2.24) is 0 Å². The first-order valence-corrected chi connectivity index (χ1v) is 10.1. The van der Waals surface area contributed by atoms with Crippen LogP contribution in [0.3, 0.4) is 0 Å². The van der Waals surface area contributed by atoms with Crippen molar-refractivity contribution >= 4 is 57.6 Å². The predicted molar refractivity (Wildman–Crippen MR) is 116 cm³/mol. The number of furan rings is 1. The highest BCUT2D eigenvalue weighted by Crippen LogP contribution is 2.42. The van der Waals surface area contributed by atoms with Crippen molar-refractivity contribution < 1.29 is 22.4 Å². The van der Waals surface area contributed by atoms with Crippen LogP contribution in [0.1, 0.15) is 11.3 Å². The zero-order valence-electron chi connectivity index (χ0n) is 14.9. The summed E-state index contributed by atoms with van der Waals surface area (Å²) in [4.78, 5) is 13.9. The lowest BCUT2D eigenvalue weighted by atomic mass is 10.1. The van der Waals surface area contributed by atoms with Gasteiger partial charge < -0.3 is 4.42 Å². The van der Waals surface area contributed by atoms with Crippen molar-refractivity contribution in [2.75, 3.05) is 4.90 Å². The molecule has 2 aromatic carbocycles. The molecule has 4 rings (SSSR count). The molecule has 0 aliphatic carbocycles. The first-order chi connectivity index (χ1) is 14.2. The van der Waals surface area contributed by atoms with Crippen molar-refractivity contribution in [2.45, 2.75) is 6.18 Å². The Labute approximate surface area is 184 Å². The van der Waals surface area contributed by atoms with Crippen molar-refractivity contribution in [3.63, 3.8) is 0 Å². The smallest absolute Gasteiger partial charge is 0.418 e. The van der Waals surface area contributed by atoms with Gasteiger partial charge in [-0.05, 0) is 48.5 Å². The topological polar surface area (TPSA) is 33.5 Å². The number of halogens is 4. The van der Waals surface area contributed by atoms with E-state index in [0.29, 0.717) is 16.5 Å². The second-order valence-corrected chi connectivity index (χ2v) is 8.35. The summed E-state index contributed by atoms with van der Waals surface area (Å²) in [7, 11) is 0. The third-order valence-corrected chi connectivity index (χ3v) is 5.83. The summed E-state index contributed by atoms with van der Waals surface area (Å²) in [6.45, 7) is 0. The summed E-state index contributed by atoms with van der Waals surface area (Å²) < 4.78 is 45.9. The van der Waals surface area contributed by atoms with Gasteiger partial charge in [-0.2, -0.15) is 13.2 Å². The maximum Gasteiger partial charge on any atom is 0.418 e. The maximum absolute atomic E-state index is 13.4. The normalized spacial score (nSPS) is 16.0. The first kappa shape index (κ1) is 20.7. The van der Waals surface area contributed by atoms with Gasteiger partial charge in [-0.25, -0.2) is 0 Å². The van der Waals surface area contributed by atoms with Gasteiger partial charge >= 0.3 is 6.18 Å². The molecular weight excluding hydrogens is 455 g/mol. The molecule has 0 N–H and O–H groups in total. The monoisotopic (exact) mass is 465 g/mol. The van der Waals surface area contributed by atoms with Crippen molar-refractivity contribution in [3.05, 3.63) is 81.9 Å². The van der Waals surface area contributed by atoms with Crippen LogP contribution in [-0.2, 0) is 11.0 Å². The number of amides is 1. The molecule has 1 amide bonds. The Bertz CT molecular complexity index is 1170. The molecule has 0 atom stereocenters. The second-order valence-electron chi connectivity index (χ2n) is 6.24. The van der Waals surface area contributed by atoms with Crippen LogP contribution >= 0.6 is 35.6 Å². The molecule has 152 valence electrons. The number of hydrogen-bond acceptors (Lipinski definition) is 4. The zero-order chi connectivity index (χ0) is 21.5. The van der Waals surface area contributed by atoms with Crippen LogP contribution in [0.5, 0.6) is 0 Å². The number of alkyl halides is 3. The van der Waals surface area contributed by atoms with E-state index in [4.69, 9.17) is 28.2 Å². The van der Waals surface area contributed by atoms with Crippen molar-refractivity contribution in [3.8, 4) is 11.3 Å². The molecule has 1 saturated heterocycles. The Balaban J connectivity index is 1.64. The number of para-hydroxylation sites is 1. The van der Waals surface area contributed by atoms with Crippen LogP contribution in [-0.4, -0.2) is 10.2 Å². The van der Waals surface area contributed by atoms with Gasteiger partial charge in [0.15, 0.2) is 4.32 Å². The van der Waals surface area contributed by atoms with E-state index in [9.17, 15) is 18.0 Å². The number of benzene rings is 2. The highest BCUT2D eigenvalue weighted by Gasteiger charge is 2.40. The van der Waals surface area contributed by atoms with E-state index in [-0.39, 0.29) is 14.9 Å². The van der Waals surface area contributed by atoms with Gasteiger partial charge in [-0.3, -0.25) is 9.69 Å². The van der Waals surface area contributed by atoms with Crippen molar-refractivity contribution in [1.29, 1.82) is 0 Å². The van der Waals surface area contributed by atoms with E-state index >= 15 is 0 Å². The van der Waals surface area contributed by atoms with Crippen molar-refractivity contribution in [2.24, 2.45) is 0 Å². The molecule has 1 aliphatic heterocycles. The van der Waals surface area contributed by atoms with E-state index in [0.717, 1.165) is 28.3 Å². The number of hydrogen-bond donors (Lipinski definition) is 0. The lowest BCUT2D eigenvalue weighted by Crippen LogP contribution is -2.29. The zero-order valence-corrected chi connectivity index (χ0v) is 17.3. The molecule has 0 radical (unpaired) electrons. The molecule has 0 unspecified atom stereocenters. The van der Waals surface area contributed by atoms with Crippen LogP contribution in [0.25, 0.3) is 17.4 Å². The van der Waals surface area contributed by atoms with Crippen LogP contribution in [0, 0.1) is 0 Å². The Kier molecular flexibility index (Phi) is 5.48. The summed E-state index contributed by atoms with van der Waals surface area (Å²) in [5.74, 6) is 0.312. The lowest BCUT2D eigenvalue weighted by molar-refractivity contribution is -0.137. The highest BCUT2D eigenvalue weighted by molar-refractivity contribution is 8.27. The van der Waals surface area contributed by atoms with Crippen LogP contribution in [0.4, 0.5) is 18.9 Å². The van der Waals surface area contributed by atoms with Gasteiger partial charge in [0, 0.05) is 16.7 Å². The van der Waals surface area contributed by atoms with Gasteiger partial charge in [-0.1, -0.05) is 47.7 Å². The minimum Gasteiger partial charge on any atom is -0.457 e. The van der Waals surface area contributed by atoms with Gasteiger partial charge in [0.1, 0.15) is 11.5 Å². The minimum absolute atomic E-state index is 0.0208. The molecule has 0 spiro atoms. The SMILES string of the molecule is O=C1C(=Cc2ccc(-c3ccc(Cl)cc3)o2)SC(=S)N1c1ccccc1C(F)(F)F. The Hall–Kier alpha value is -2.55. The Morgan fingerprint density at radius 3 is 2.43 bits per heavy atom. The number of thioether (sulfide) groups is 1. The van der Waals surface area contributed by atoms with Crippen LogP contribution in [0.15, 0.2) is 70.0 Å².